The summed E-state index contributed by atoms with van der Waals surface area (Å²) in [5.41, 5.74) is 3.58. The van der Waals surface area contributed by atoms with Crippen molar-refractivity contribution in [2.45, 2.75) is 20.8 Å². The number of nitrogens with one attached hydrogen (secondary N) is 1. The molecule has 0 aliphatic heterocycles. The van der Waals surface area contributed by atoms with Gasteiger partial charge in [0.2, 0.25) is 0 Å². The van der Waals surface area contributed by atoms with Crippen LogP contribution in [-0.2, 0) is 9.53 Å². The number of benzene rings is 2. The van der Waals surface area contributed by atoms with Gasteiger partial charge in [-0.2, -0.15) is 5.10 Å². The first kappa shape index (κ1) is 20.1. The maximum atomic E-state index is 12.3. The molecule has 0 saturated heterocycles. The number of carbonyl (C=O) groups is 2. The molecule has 7 heteroatoms. The van der Waals surface area contributed by atoms with Crippen LogP contribution in [0.25, 0.3) is 5.69 Å². The van der Waals surface area contributed by atoms with Crippen molar-refractivity contribution in [3.8, 4) is 11.4 Å². The van der Waals surface area contributed by atoms with Crippen molar-refractivity contribution >= 4 is 17.6 Å². The first-order valence-corrected chi connectivity index (χ1v) is 9.31. The number of carbonyl (C=O) groups excluding carboxylic acids is 2. The molecule has 1 aromatic heterocycles. The molecule has 3 aromatic rings. The Morgan fingerprint density at radius 2 is 1.72 bits per heavy atom. The maximum absolute atomic E-state index is 12.3. The Hall–Kier alpha value is -3.61. The number of aryl methyl sites for hydroxylation is 1. The molecule has 0 aliphatic rings. The van der Waals surface area contributed by atoms with E-state index in [4.69, 9.17) is 9.47 Å². The summed E-state index contributed by atoms with van der Waals surface area (Å²) in [5.74, 6) is -0.196. The molecule has 3 rings (SSSR count). The van der Waals surface area contributed by atoms with E-state index in [2.05, 4.69) is 10.4 Å². The maximum Gasteiger partial charge on any atom is 0.338 e. The summed E-state index contributed by atoms with van der Waals surface area (Å²) in [6.45, 7) is 5.65. The molecule has 29 heavy (non-hydrogen) atoms. The number of aromatic nitrogens is 2. The van der Waals surface area contributed by atoms with Gasteiger partial charge in [0.1, 0.15) is 5.75 Å². The molecule has 1 heterocycles. The highest BCUT2D eigenvalue weighted by molar-refractivity contribution is 5.93. The molecule has 2 aromatic carbocycles. The molecule has 150 valence electrons. The number of hydrogen-bond donors (Lipinski definition) is 1. The van der Waals surface area contributed by atoms with Crippen molar-refractivity contribution in [3.63, 3.8) is 0 Å². The minimum absolute atomic E-state index is 0.159. The summed E-state index contributed by atoms with van der Waals surface area (Å²) in [7, 11) is 0. The van der Waals surface area contributed by atoms with Crippen LogP contribution < -0.4 is 10.1 Å². The fourth-order valence-electron chi connectivity index (χ4n) is 2.87. The average molecular weight is 393 g/mol. The Balaban J connectivity index is 1.61. The lowest BCUT2D eigenvalue weighted by molar-refractivity contribution is -0.118. The Morgan fingerprint density at radius 3 is 2.38 bits per heavy atom. The number of esters is 1. The van der Waals surface area contributed by atoms with Gasteiger partial charge in [-0.3, -0.25) is 4.79 Å². The summed E-state index contributed by atoms with van der Waals surface area (Å²) in [4.78, 5) is 24.0. The van der Waals surface area contributed by atoms with Crippen LogP contribution in [0.1, 0.15) is 28.7 Å². The van der Waals surface area contributed by atoms with Crippen LogP contribution in [0, 0.1) is 13.8 Å². The van der Waals surface area contributed by atoms with Crippen molar-refractivity contribution in [1.82, 2.24) is 9.78 Å². The summed E-state index contributed by atoms with van der Waals surface area (Å²) in [5, 5.41) is 7.37. The van der Waals surface area contributed by atoms with E-state index in [9.17, 15) is 9.59 Å². The second kappa shape index (κ2) is 9.05. The zero-order valence-electron chi connectivity index (χ0n) is 16.6. The molecule has 0 unspecified atom stereocenters. The molecule has 0 radical (unpaired) electrons. The Morgan fingerprint density at radius 1 is 1.03 bits per heavy atom. The number of ether oxygens (including phenoxy) is 2. The first-order chi connectivity index (χ1) is 14.0. The lowest BCUT2D eigenvalue weighted by Crippen LogP contribution is -2.21. The Kier molecular flexibility index (Phi) is 6.29. The summed E-state index contributed by atoms with van der Waals surface area (Å²) < 4.78 is 12.2. The zero-order valence-corrected chi connectivity index (χ0v) is 16.6. The Labute approximate surface area is 169 Å². The number of rotatable bonds is 7. The van der Waals surface area contributed by atoms with Gasteiger partial charge < -0.3 is 14.8 Å². The number of para-hydroxylation sites is 1. The van der Waals surface area contributed by atoms with Crippen molar-refractivity contribution in [2.24, 2.45) is 0 Å². The number of nitrogens with zero attached hydrogens (tertiary/aromatic N) is 2. The van der Waals surface area contributed by atoms with E-state index in [-0.39, 0.29) is 12.5 Å². The van der Waals surface area contributed by atoms with Gasteiger partial charge in [-0.25, -0.2) is 9.48 Å². The van der Waals surface area contributed by atoms with E-state index in [0.29, 0.717) is 23.6 Å². The van der Waals surface area contributed by atoms with Crippen LogP contribution in [0.15, 0.2) is 54.6 Å². The highest BCUT2D eigenvalue weighted by atomic mass is 16.5. The number of amides is 1. The van der Waals surface area contributed by atoms with E-state index in [1.807, 2.05) is 44.2 Å². The van der Waals surface area contributed by atoms with Crippen molar-refractivity contribution < 1.29 is 19.1 Å². The van der Waals surface area contributed by atoms with Gasteiger partial charge in [-0.1, -0.05) is 18.2 Å². The van der Waals surface area contributed by atoms with Gasteiger partial charge in [0, 0.05) is 0 Å². The van der Waals surface area contributed by atoms with Gasteiger partial charge in [0.25, 0.3) is 5.91 Å². The molecule has 7 nitrogen and oxygen atoms in total. The molecule has 0 bridgehead atoms. The quantitative estimate of drug-likeness (QED) is 0.619. The first-order valence-electron chi connectivity index (χ1n) is 9.31. The second-order valence-corrected chi connectivity index (χ2v) is 6.37. The smallest absolute Gasteiger partial charge is 0.338 e. The standard InChI is InChI=1S/C22H23N3O4/c1-4-28-22(27)17-10-12-19(13-11-17)29-14-20(26)23-21-15(2)24-25(16(21)3)18-8-6-5-7-9-18/h5-13H,4,14H2,1-3H3,(H,23,26). The number of hydrogen-bond acceptors (Lipinski definition) is 5. The highest BCUT2D eigenvalue weighted by Crippen LogP contribution is 2.22. The molecule has 0 fully saturated rings. The zero-order chi connectivity index (χ0) is 20.8. The predicted molar refractivity (Wildman–Crippen MR) is 110 cm³/mol. The minimum atomic E-state index is -0.391. The molecule has 0 aliphatic carbocycles. The van der Waals surface area contributed by atoms with Crippen LogP contribution in [0.4, 0.5) is 5.69 Å². The van der Waals surface area contributed by atoms with Crippen LogP contribution in [-0.4, -0.2) is 34.9 Å². The van der Waals surface area contributed by atoms with Crippen LogP contribution in [0.2, 0.25) is 0 Å². The topological polar surface area (TPSA) is 82.4 Å². The Bertz CT molecular complexity index is 995. The van der Waals surface area contributed by atoms with E-state index < -0.39 is 5.97 Å². The lowest BCUT2D eigenvalue weighted by atomic mass is 10.2. The van der Waals surface area contributed by atoms with Crippen molar-refractivity contribution in [1.29, 1.82) is 0 Å². The summed E-state index contributed by atoms with van der Waals surface area (Å²) in [6, 6.07) is 16.2. The van der Waals surface area contributed by atoms with Crippen LogP contribution in [0.5, 0.6) is 5.75 Å². The molecule has 1 amide bonds. The SMILES string of the molecule is CCOC(=O)c1ccc(OCC(=O)Nc2c(C)nn(-c3ccccc3)c2C)cc1. The largest absolute Gasteiger partial charge is 0.484 e. The van der Waals surface area contributed by atoms with Gasteiger partial charge in [-0.05, 0) is 57.2 Å². The van der Waals surface area contributed by atoms with E-state index >= 15 is 0 Å². The summed E-state index contributed by atoms with van der Waals surface area (Å²) in [6.07, 6.45) is 0. The van der Waals surface area contributed by atoms with Crippen molar-refractivity contribution in [3.05, 3.63) is 71.5 Å². The molecule has 0 spiro atoms. The molecule has 0 atom stereocenters. The third-order valence-corrected chi connectivity index (χ3v) is 4.29. The van der Waals surface area contributed by atoms with Crippen LogP contribution in [0.3, 0.4) is 0 Å². The fraction of sp³-hybridized carbons (Fsp3) is 0.227. The fourth-order valence-corrected chi connectivity index (χ4v) is 2.87. The highest BCUT2D eigenvalue weighted by Gasteiger charge is 2.15. The lowest BCUT2D eigenvalue weighted by Gasteiger charge is -2.09. The van der Waals surface area contributed by atoms with E-state index in [0.717, 1.165) is 17.1 Å². The monoisotopic (exact) mass is 393 g/mol. The van der Waals surface area contributed by atoms with E-state index in [1.165, 1.54) is 0 Å². The van der Waals surface area contributed by atoms with Gasteiger partial charge in [0.15, 0.2) is 6.61 Å². The van der Waals surface area contributed by atoms with Crippen LogP contribution >= 0.6 is 0 Å². The van der Waals surface area contributed by atoms with E-state index in [1.54, 1.807) is 35.9 Å². The van der Waals surface area contributed by atoms with Crippen molar-refractivity contribution in [2.75, 3.05) is 18.5 Å². The molecule has 0 saturated carbocycles. The van der Waals surface area contributed by atoms with Gasteiger partial charge in [-0.15, -0.1) is 0 Å². The van der Waals surface area contributed by atoms with Gasteiger partial charge in [0.05, 0.1) is 34.9 Å². The second-order valence-electron chi connectivity index (χ2n) is 6.37. The molecule has 1 N–H and O–H groups in total. The third-order valence-electron chi connectivity index (χ3n) is 4.29. The van der Waals surface area contributed by atoms with Gasteiger partial charge >= 0.3 is 5.97 Å². The number of anilines is 1. The third kappa shape index (κ3) is 4.82. The summed E-state index contributed by atoms with van der Waals surface area (Å²) >= 11 is 0. The normalized spacial score (nSPS) is 10.4. The minimum Gasteiger partial charge on any atom is -0.484 e. The average Bonchev–Trinajstić information content (AvgIpc) is 3.01. The molecular formula is C22H23N3O4. The predicted octanol–water partition coefficient (Wildman–Crippen LogP) is 3.68. The molecular weight excluding hydrogens is 370 g/mol.